The topological polar surface area (TPSA) is 79.1 Å². The minimum absolute atomic E-state index is 0. The molecule has 7 nitrogen and oxygen atoms in total. The molecule has 186 valence electrons. The Morgan fingerprint density at radius 2 is 1.76 bits per heavy atom. The summed E-state index contributed by atoms with van der Waals surface area (Å²) in [4.78, 5) is 30.8. The van der Waals surface area contributed by atoms with Gasteiger partial charge in [0.05, 0.1) is 17.7 Å². The molecule has 3 rings (SSSR count). The van der Waals surface area contributed by atoms with E-state index in [1.54, 1.807) is 6.07 Å². The van der Waals surface area contributed by atoms with E-state index in [9.17, 15) is 14.0 Å². The summed E-state index contributed by atoms with van der Waals surface area (Å²) in [6, 6.07) is 4.38. The van der Waals surface area contributed by atoms with Gasteiger partial charge in [0.1, 0.15) is 11.6 Å². The van der Waals surface area contributed by atoms with Crippen molar-refractivity contribution >= 4 is 29.9 Å². The summed E-state index contributed by atoms with van der Waals surface area (Å²) < 4.78 is 19.7. The number of carbonyl (C=O) groups is 2. The van der Waals surface area contributed by atoms with Crippen LogP contribution in [0.4, 0.5) is 10.1 Å². The second-order valence-corrected chi connectivity index (χ2v) is 9.48. The van der Waals surface area contributed by atoms with Crippen LogP contribution in [0.15, 0.2) is 18.2 Å². The van der Waals surface area contributed by atoms with E-state index in [0.717, 1.165) is 44.8 Å². The van der Waals surface area contributed by atoms with E-state index in [-0.39, 0.29) is 60.4 Å². The number of ether oxygens (including phenoxy) is 1. The van der Waals surface area contributed by atoms with Crippen molar-refractivity contribution in [1.82, 2.24) is 9.80 Å². The normalized spacial score (nSPS) is 20.5. The van der Waals surface area contributed by atoms with Gasteiger partial charge in [-0.05, 0) is 44.9 Å². The van der Waals surface area contributed by atoms with Gasteiger partial charge >= 0.3 is 0 Å². The number of hydrogen-bond donors (Lipinski definition) is 1. The monoisotopic (exact) mass is 484 g/mol. The molecule has 2 fully saturated rings. The van der Waals surface area contributed by atoms with Crippen LogP contribution in [-0.4, -0.2) is 73.0 Å². The Hall–Kier alpha value is -1.90. The van der Waals surface area contributed by atoms with E-state index < -0.39 is 0 Å². The van der Waals surface area contributed by atoms with E-state index in [2.05, 4.69) is 9.80 Å². The first kappa shape index (κ1) is 27.3. The predicted octanol–water partition coefficient (Wildman–Crippen LogP) is 2.91. The molecule has 33 heavy (non-hydrogen) atoms. The van der Waals surface area contributed by atoms with Gasteiger partial charge in [0.15, 0.2) is 0 Å². The molecule has 1 aromatic rings. The van der Waals surface area contributed by atoms with E-state index in [1.165, 1.54) is 17.0 Å². The van der Waals surface area contributed by atoms with Crippen molar-refractivity contribution in [2.75, 3.05) is 44.2 Å². The molecule has 0 spiro atoms. The number of hydrogen-bond acceptors (Lipinski definition) is 6. The highest BCUT2D eigenvalue weighted by Crippen LogP contribution is 2.31. The lowest BCUT2D eigenvalue weighted by molar-refractivity contribution is -0.139. The molecule has 0 radical (unpaired) electrons. The molecule has 0 aliphatic carbocycles. The summed E-state index contributed by atoms with van der Waals surface area (Å²) in [6.07, 6.45) is 0.986. The first-order chi connectivity index (χ1) is 15.2. The van der Waals surface area contributed by atoms with Crippen LogP contribution in [-0.2, 0) is 9.59 Å². The molecule has 2 unspecified atom stereocenters. The second kappa shape index (κ2) is 12.0. The zero-order chi connectivity index (χ0) is 23.4. The Balaban J connectivity index is 0.00000385. The summed E-state index contributed by atoms with van der Waals surface area (Å²) in [5.74, 6) is -0.0179. The molecule has 2 N–H and O–H groups in total. The van der Waals surface area contributed by atoms with Crippen LogP contribution in [0.2, 0.25) is 0 Å². The maximum absolute atomic E-state index is 13.9. The maximum atomic E-state index is 13.9. The van der Waals surface area contributed by atoms with Crippen LogP contribution in [0.1, 0.15) is 40.5 Å². The first-order valence-corrected chi connectivity index (χ1v) is 11.7. The second-order valence-electron chi connectivity index (χ2n) is 9.48. The third-order valence-corrected chi connectivity index (χ3v) is 6.37. The number of likely N-dealkylation sites (tertiary alicyclic amines) is 1. The van der Waals surface area contributed by atoms with Gasteiger partial charge in [0, 0.05) is 51.3 Å². The number of rotatable bonds is 9. The number of halogens is 2. The van der Waals surface area contributed by atoms with Crippen LogP contribution in [0.25, 0.3) is 0 Å². The number of piperazine rings is 1. The lowest BCUT2D eigenvalue weighted by Crippen LogP contribution is -2.47. The first-order valence-electron chi connectivity index (χ1n) is 11.7. The Morgan fingerprint density at radius 1 is 1.09 bits per heavy atom. The molecule has 2 saturated heterocycles. The predicted molar refractivity (Wildman–Crippen MR) is 130 cm³/mol. The van der Waals surface area contributed by atoms with Gasteiger partial charge in [0.25, 0.3) is 0 Å². The molecule has 2 amide bonds. The number of carbonyl (C=O) groups excluding carboxylic acids is 2. The van der Waals surface area contributed by atoms with Crippen LogP contribution >= 0.6 is 12.4 Å². The molecule has 2 aliphatic heterocycles. The van der Waals surface area contributed by atoms with Gasteiger partial charge in [-0.25, -0.2) is 4.39 Å². The summed E-state index contributed by atoms with van der Waals surface area (Å²) >= 11 is 0. The van der Waals surface area contributed by atoms with Crippen molar-refractivity contribution in [1.29, 1.82) is 0 Å². The van der Waals surface area contributed by atoms with Crippen LogP contribution < -0.4 is 15.4 Å². The maximum Gasteiger partial charge on any atom is 0.234 e. The number of benzene rings is 1. The van der Waals surface area contributed by atoms with Gasteiger partial charge in [-0.1, -0.05) is 13.8 Å². The summed E-state index contributed by atoms with van der Waals surface area (Å²) in [7, 11) is 0. The average Bonchev–Trinajstić information content (AvgIpc) is 3.02. The fourth-order valence-corrected chi connectivity index (χ4v) is 4.46. The smallest absolute Gasteiger partial charge is 0.234 e. The highest BCUT2D eigenvalue weighted by Gasteiger charge is 2.42. The highest BCUT2D eigenvalue weighted by atomic mass is 35.5. The Kier molecular flexibility index (Phi) is 9.94. The number of amides is 2. The zero-order valence-electron chi connectivity index (χ0n) is 20.1. The molecular weight excluding hydrogens is 447 g/mol. The van der Waals surface area contributed by atoms with Crippen LogP contribution in [0.5, 0.6) is 5.75 Å². The summed E-state index contributed by atoms with van der Waals surface area (Å²) in [5.41, 5.74) is 6.94. The van der Waals surface area contributed by atoms with E-state index >= 15 is 0 Å². The summed E-state index contributed by atoms with van der Waals surface area (Å²) in [5, 5.41) is 0. The van der Waals surface area contributed by atoms with Gasteiger partial charge < -0.3 is 15.4 Å². The van der Waals surface area contributed by atoms with Crippen molar-refractivity contribution < 1.29 is 18.7 Å². The van der Waals surface area contributed by atoms with Crippen molar-refractivity contribution in [3.8, 4) is 5.75 Å². The third-order valence-electron chi connectivity index (χ3n) is 6.37. The largest absolute Gasteiger partial charge is 0.489 e. The number of imide groups is 1. The number of nitrogens with two attached hydrogens (primary N) is 1. The molecular formula is C24H38ClFN4O3. The van der Waals surface area contributed by atoms with Crippen LogP contribution in [0, 0.1) is 17.7 Å². The molecule has 1 aromatic carbocycles. The average molecular weight is 485 g/mol. The molecule has 0 bridgehead atoms. The summed E-state index contributed by atoms with van der Waals surface area (Å²) in [6.45, 7) is 12.3. The zero-order valence-corrected chi connectivity index (χ0v) is 20.9. The van der Waals surface area contributed by atoms with Gasteiger partial charge in [-0.15, -0.1) is 12.4 Å². The molecule has 2 aliphatic rings. The SMILES string of the molecule is CC(C)Oc1ccc(F)cc1N1CCN(CCCN2C(=O)CC(C(N)C(C)C)C2=O)CC1.Cl. The standard InChI is InChI=1S/C24H37FN4O3.ClH/c1-16(2)23(26)19-15-22(30)29(24(19)31)9-5-8-27-10-12-28(13-11-27)20-14-18(25)6-7-21(20)32-17(3)4;/h6-7,14,16-17,19,23H,5,8-13,15,26H2,1-4H3;1H. The fourth-order valence-electron chi connectivity index (χ4n) is 4.46. The molecule has 2 heterocycles. The fraction of sp³-hybridized carbons (Fsp3) is 0.667. The molecule has 0 aromatic heterocycles. The van der Waals surface area contributed by atoms with Crippen molar-refractivity contribution in [3.05, 3.63) is 24.0 Å². The van der Waals surface area contributed by atoms with Crippen molar-refractivity contribution in [2.24, 2.45) is 17.6 Å². The Labute approximate surface area is 202 Å². The Morgan fingerprint density at radius 3 is 2.36 bits per heavy atom. The molecule has 9 heteroatoms. The third kappa shape index (κ3) is 6.80. The van der Waals surface area contributed by atoms with Gasteiger partial charge in [-0.3, -0.25) is 19.4 Å². The van der Waals surface area contributed by atoms with Crippen LogP contribution in [0.3, 0.4) is 0 Å². The quantitative estimate of drug-likeness (QED) is 0.543. The van der Waals surface area contributed by atoms with Gasteiger partial charge in [-0.2, -0.15) is 0 Å². The van der Waals surface area contributed by atoms with E-state index in [4.69, 9.17) is 10.5 Å². The number of anilines is 1. The molecule has 2 atom stereocenters. The van der Waals surface area contributed by atoms with Gasteiger partial charge in [0.2, 0.25) is 11.8 Å². The minimum atomic E-state index is -0.389. The number of nitrogens with zero attached hydrogens (tertiary/aromatic N) is 3. The van der Waals surface area contributed by atoms with E-state index in [1.807, 2.05) is 27.7 Å². The lowest BCUT2D eigenvalue weighted by atomic mass is 9.90. The lowest BCUT2D eigenvalue weighted by Gasteiger charge is -2.37. The highest BCUT2D eigenvalue weighted by molar-refractivity contribution is 6.03. The van der Waals surface area contributed by atoms with E-state index in [0.29, 0.717) is 12.3 Å². The Bertz CT molecular complexity index is 815. The van der Waals surface area contributed by atoms with Crippen molar-refractivity contribution in [2.45, 2.75) is 52.7 Å². The minimum Gasteiger partial charge on any atom is -0.489 e. The molecule has 0 saturated carbocycles. The van der Waals surface area contributed by atoms with Crippen molar-refractivity contribution in [3.63, 3.8) is 0 Å².